The van der Waals surface area contributed by atoms with Crippen molar-refractivity contribution >= 4 is 17.5 Å². The van der Waals surface area contributed by atoms with Crippen LogP contribution in [0.25, 0.3) is 5.69 Å². The third-order valence-corrected chi connectivity index (χ3v) is 9.02. The van der Waals surface area contributed by atoms with Gasteiger partial charge in [-0.15, -0.1) is 10.2 Å². The molecule has 2 aromatic rings. The zero-order valence-electron chi connectivity index (χ0n) is 19.2. The van der Waals surface area contributed by atoms with Gasteiger partial charge in [0.2, 0.25) is 5.91 Å². The largest absolute Gasteiger partial charge is 0.341 e. The summed E-state index contributed by atoms with van der Waals surface area (Å²) in [7, 11) is 0. The minimum Gasteiger partial charge on any atom is -0.341 e. The van der Waals surface area contributed by atoms with Gasteiger partial charge in [-0.3, -0.25) is 14.3 Å². The molecule has 0 atom stereocenters. The van der Waals surface area contributed by atoms with Gasteiger partial charge in [-0.1, -0.05) is 11.6 Å². The highest BCUT2D eigenvalue weighted by Crippen LogP contribution is 2.57. The van der Waals surface area contributed by atoms with Crippen LogP contribution in [0.15, 0.2) is 18.2 Å². The number of carbonyl (C=O) groups excluding carboxylic acids is 1. The zero-order valence-corrected chi connectivity index (χ0v) is 20.0. The average Bonchev–Trinajstić information content (AvgIpc) is 3.48. The van der Waals surface area contributed by atoms with Crippen molar-refractivity contribution in [2.24, 2.45) is 11.3 Å². The Morgan fingerprint density at radius 3 is 2.53 bits per heavy atom. The smallest absolute Gasteiger partial charge is 0.251 e. The first kappa shape index (κ1) is 21.2. The van der Waals surface area contributed by atoms with Gasteiger partial charge in [0, 0.05) is 60.3 Å². The maximum absolute atomic E-state index is 13.8. The van der Waals surface area contributed by atoms with Crippen LogP contribution in [0.3, 0.4) is 0 Å². The summed E-state index contributed by atoms with van der Waals surface area (Å²) in [5, 5.41) is 9.80. The summed E-state index contributed by atoms with van der Waals surface area (Å²) in [6.45, 7) is 4.69. The summed E-state index contributed by atoms with van der Waals surface area (Å²) in [5.74, 6) is 0.0537. The average molecular weight is 488 g/mol. The first-order chi connectivity index (χ1) is 16.1. The molecule has 4 fully saturated rings. The molecule has 1 spiro atoms. The van der Waals surface area contributed by atoms with Gasteiger partial charge in [0.15, 0.2) is 5.82 Å². The second kappa shape index (κ2) is 6.78. The lowest BCUT2D eigenvalue weighted by Crippen LogP contribution is -2.63. The minimum absolute atomic E-state index is 0.141. The standard InChI is InChI=1S/C25H28ClF2N5O/c1-23(11-25(27,28)12-23)32-9-16-6-18(26)4-5-19(16)33-20(10-32)29-30-21(33)17-7-24(8-17)13-31(14-24)22(34)15-2-3-15/h4-6,15,17H,2-3,7-14H2,1H3. The monoisotopic (exact) mass is 487 g/mol. The van der Waals surface area contributed by atoms with E-state index in [0.29, 0.717) is 24.0 Å². The van der Waals surface area contributed by atoms with Gasteiger partial charge in [-0.25, -0.2) is 8.78 Å². The number of fused-ring (bicyclic) bond motifs is 3. The van der Waals surface area contributed by atoms with Gasteiger partial charge in [0.25, 0.3) is 5.92 Å². The van der Waals surface area contributed by atoms with E-state index in [1.807, 2.05) is 30.0 Å². The maximum Gasteiger partial charge on any atom is 0.251 e. The van der Waals surface area contributed by atoms with Gasteiger partial charge in [0.05, 0.1) is 12.2 Å². The van der Waals surface area contributed by atoms with E-state index in [1.54, 1.807) is 0 Å². The van der Waals surface area contributed by atoms with Crippen molar-refractivity contribution in [3.8, 4) is 5.69 Å². The Kier molecular flexibility index (Phi) is 4.24. The Labute approximate surface area is 202 Å². The number of likely N-dealkylation sites (tertiary alicyclic amines) is 1. The van der Waals surface area contributed by atoms with Crippen molar-refractivity contribution < 1.29 is 13.6 Å². The molecular weight excluding hydrogens is 460 g/mol. The van der Waals surface area contributed by atoms with E-state index in [0.717, 1.165) is 61.7 Å². The minimum atomic E-state index is -2.60. The Bertz CT molecular complexity index is 1190. The first-order valence-electron chi connectivity index (χ1n) is 12.3. The number of halogens is 3. The lowest BCUT2D eigenvalue weighted by atomic mass is 9.57. The molecule has 3 aliphatic carbocycles. The Hall–Kier alpha value is -2.06. The molecule has 9 heteroatoms. The lowest BCUT2D eigenvalue weighted by Gasteiger charge is -2.58. The summed E-state index contributed by atoms with van der Waals surface area (Å²) >= 11 is 6.35. The number of aromatic nitrogens is 3. The van der Waals surface area contributed by atoms with E-state index < -0.39 is 11.5 Å². The second-order valence-electron chi connectivity index (χ2n) is 11.7. The number of amides is 1. The van der Waals surface area contributed by atoms with Crippen LogP contribution >= 0.6 is 11.6 Å². The highest BCUT2D eigenvalue weighted by molar-refractivity contribution is 6.30. The fourth-order valence-corrected chi connectivity index (χ4v) is 7.09. The maximum atomic E-state index is 13.8. The number of carbonyl (C=O) groups is 1. The summed E-state index contributed by atoms with van der Waals surface area (Å²) in [6.07, 6.45) is 3.84. The van der Waals surface area contributed by atoms with Gasteiger partial charge >= 0.3 is 0 Å². The number of benzene rings is 1. The molecule has 1 saturated heterocycles. The summed E-state index contributed by atoms with van der Waals surface area (Å²) in [6, 6.07) is 5.82. The Morgan fingerprint density at radius 2 is 1.85 bits per heavy atom. The van der Waals surface area contributed by atoms with Crippen LogP contribution in [0, 0.1) is 11.3 Å². The molecule has 0 radical (unpaired) electrons. The molecule has 1 aromatic carbocycles. The molecule has 0 unspecified atom stereocenters. The number of nitrogens with zero attached hydrogens (tertiary/aromatic N) is 5. The van der Waals surface area contributed by atoms with Crippen molar-refractivity contribution in [2.75, 3.05) is 13.1 Å². The summed E-state index contributed by atoms with van der Waals surface area (Å²) in [4.78, 5) is 16.5. The molecule has 5 aliphatic rings. The Balaban J connectivity index is 1.16. The lowest BCUT2D eigenvalue weighted by molar-refractivity contribution is -0.173. The van der Waals surface area contributed by atoms with E-state index in [2.05, 4.69) is 19.7 Å². The van der Waals surface area contributed by atoms with Crippen LogP contribution in [-0.4, -0.2) is 55.0 Å². The van der Waals surface area contributed by atoms with Gasteiger partial charge in [-0.2, -0.15) is 0 Å². The van der Waals surface area contributed by atoms with Crippen molar-refractivity contribution in [3.63, 3.8) is 0 Å². The van der Waals surface area contributed by atoms with Gasteiger partial charge < -0.3 is 4.90 Å². The van der Waals surface area contributed by atoms with Crippen LogP contribution in [0.5, 0.6) is 0 Å². The Morgan fingerprint density at radius 1 is 1.12 bits per heavy atom. The predicted molar refractivity (Wildman–Crippen MR) is 122 cm³/mol. The molecule has 0 bridgehead atoms. The van der Waals surface area contributed by atoms with Gasteiger partial charge in [0.1, 0.15) is 5.82 Å². The fraction of sp³-hybridized carbons (Fsp3) is 0.640. The number of hydrogen-bond donors (Lipinski definition) is 0. The topological polar surface area (TPSA) is 54.3 Å². The van der Waals surface area contributed by atoms with Crippen molar-refractivity contribution in [2.45, 2.75) is 75.9 Å². The first-order valence-corrected chi connectivity index (χ1v) is 12.7. The zero-order chi connectivity index (χ0) is 23.5. The molecule has 1 amide bonds. The highest BCUT2D eigenvalue weighted by Gasteiger charge is 2.58. The second-order valence-corrected chi connectivity index (χ2v) is 12.2. The molecule has 6 nitrogen and oxygen atoms in total. The fourth-order valence-electron chi connectivity index (χ4n) is 6.89. The van der Waals surface area contributed by atoms with Crippen molar-refractivity contribution in [1.82, 2.24) is 24.6 Å². The normalized spacial score (nSPS) is 26.6. The van der Waals surface area contributed by atoms with Crippen molar-refractivity contribution in [1.29, 1.82) is 0 Å². The molecule has 3 saturated carbocycles. The number of hydrogen-bond acceptors (Lipinski definition) is 4. The van der Waals surface area contributed by atoms with Crippen molar-refractivity contribution in [3.05, 3.63) is 40.4 Å². The molecule has 0 N–H and O–H groups in total. The molecular formula is C25H28ClF2N5O. The quantitative estimate of drug-likeness (QED) is 0.638. The van der Waals surface area contributed by atoms with E-state index in [4.69, 9.17) is 11.6 Å². The third kappa shape index (κ3) is 3.17. The van der Waals surface area contributed by atoms with Crippen LogP contribution < -0.4 is 0 Å². The van der Waals surface area contributed by atoms with Crippen LogP contribution in [0.4, 0.5) is 8.78 Å². The van der Waals surface area contributed by atoms with Crippen LogP contribution in [-0.2, 0) is 17.9 Å². The summed E-state index contributed by atoms with van der Waals surface area (Å²) < 4.78 is 29.8. The SMILES string of the molecule is CC1(N2Cc3cc(Cl)ccc3-n3c(nnc3C3CC4(C3)CN(C(=O)C3CC3)C4)C2)CC(F)(F)C1. The van der Waals surface area contributed by atoms with E-state index in [1.165, 1.54) is 0 Å². The molecule has 34 heavy (non-hydrogen) atoms. The number of alkyl halides is 2. The van der Waals surface area contributed by atoms with E-state index in [9.17, 15) is 13.6 Å². The molecule has 1 aromatic heterocycles. The number of rotatable bonds is 3. The molecule has 7 rings (SSSR count). The van der Waals surface area contributed by atoms with Crippen LogP contribution in [0.1, 0.15) is 68.6 Å². The molecule has 180 valence electrons. The van der Waals surface area contributed by atoms with Gasteiger partial charge in [-0.05, 0) is 56.4 Å². The van der Waals surface area contributed by atoms with Crippen LogP contribution in [0.2, 0.25) is 5.02 Å². The summed E-state index contributed by atoms with van der Waals surface area (Å²) in [5.41, 5.74) is 1.67. The predicted octanol–water partition coefficient (Wildman–Crippen LogP) is 4.54. The molecule has 3 heterocycles. The molecule has 2 aliphatic heterocycles. The highest BCUT2D eigenvalue weighted by atomic mass is 35.5. The third-order valence-electron chi connectivity index (χ3n) is 8.79. The van der Waals surface area contributed by atoms with E-state index >= 15 is 0 Å². The van der Waals surface area contributed by atoms with E-state index in [-0.39, 0.29) is 30.1 Å².